The molecule has 0 aromatic heterocycles. The van der Waals surface area contributed by atoms with Gasteiger partial charge in [-0.05, 0) is 29.2 Å². The summed E-state index contributed by atoms with van der Waals surface area (Å²) < 4.78 is -8.42. The number of rotatable bonds is 5. The summed E-state index contributed by atoms with van der Waals surface area (Å²) in [4.78, 5) is 0. The maximum atomic E-state index is 6.38. The second kappa shape index (κ2) is 7.97. The van der Waals surface area contributed by atoms with E-state index in [-0.39, 0.29) is 6.42 Å². The first kappa shape index (κ1) is 22.6. The van der Waals surface area contributed by atoms with E-state index >= 15 is 0 Å². The molecule has 0 spiro atoms. The Morgan fingerprint density at radius 1 is 0.640 bits per heavy atom. The molecule has 0 aliphatic rings. The van der Waals surface area contributed by atoms with Gasteiger partial charge in [0.25, 0.3) is 0 Å². The van der Waals surface area contributed by atoms with Crippen LogP contribution < -0.4 is 0 Å². The molecule has 0 heterocycles. The van der Waals surface area contributed by atoms with Crippen LogP contribution in [-0.4, -0.2) is 16.8 Å². The summed E-state index contributed by atoms with van der Waals surface area (Å²) in [5.74, 6) is 0. The van der Waals surface area contributed by atoms with Gasteiger partial charge in [-0.3, -0.25) is 0 Å². The van der Waals surface area contributed by atoms with Crippen molar-refractivity contribution >= 4 is 115 Å². The average Bonchev–Trinajstić information content (AvgIpc) is 2.51. The SMILES string of the molecule is ClC(Cl)(Cl)C(Cl)(Cl)C(Cl)(Cl)C(Cl)(Cl)CCc1cccc2ccccc12. The van der Waals surface area contributed by atoms with Crippen molar-refractivity contribution in [2.75, 3.05) is 0 Å². The van der Waals surface area contributed by atoms with Crippen LogP contribution in [0.1, 0.15) is 12.0 Å². The number of benzene rings is 2. The third kappa shape index (κ3) is 4.50. The summed E-state index contributed by atoms with van der Waals surface area (Å²) in [7, 11) is 0. The minimum absolute atomic E-state index is 0.124. The molecular weight excluding hydrogens is 511 g/mol. The molecule has 0 unspecified atom stereocenters. The third-order valence-electron chi connectivity index (χ3n) is 3.80. The van der Waals surface area contributed by atoms with Crippen molar-refractivity contribution in [3.05, 3.63) is 48.0 Å². The van der Waals surface area contributed by atoms with E-state index in [0.29, 0.717) is 6.42 Å². The topological polar surface area (TPSA) is 0 Å². The first-order valence-electron chi connectivity index (χ1n) is 6.98. The van der Waals surface area contributed by atoms with Crippen molar-refractivity contribution < 1.29 is 0 Å². The molecule has 0 aliphatic carbocycles. The van der Waals surface area contributed by atoms with E-state index < -0.39 is 16.8 Å². The zero-order chi connectivity index (χ0) is 19.1. The van der Waals surface area contributed by atoms with Crippen molar-refractivity contribution in [2.45, 2.75) is 29.6 Å². The largest absolute Gasteiger partial charge is 0.226 e. The van der Waals surface area contributed by atoms with Gasteiger partial charge >= 0.3 is 0 Å². The molecule has 0 bridgehead atoms. The lowest BCUT2D eigenvalue weighted by Crippen LogP contribution is -2.56. The predicted molar refractivity (Wildman–Crippen MR) is 116 cm³/mol. The van der Waals surface area contributed by atoms with Crippen LogP contribution in [0.15, 0.2) is 42.5 Å². The van der Waals surface area contributed by atoms with Crippen molar-refractivity contribution in [3.8, 4) is 0 Å². The van der Waals surface area contributed by atoms with Crippen molar-refractivity contribution in [1.82, 2.24) is 0 Å². The molecule has 25 heavy (non-hydrogen) atoms. The van der Waals surface area contributed by atoms with E-state index in [1.165, 1.54) is 0 Å². The highest BCUT2D eigenvalue weighted by molar-refractivity contribution is 6.80. The summed E-state index contributed by atoms with van der Waals surface area (Å²) in [6.07, 6.45) is 0.582. The first-order valence-corrected chi connectivity index (χ1v) is 10.4. The Morgan fingerprint density at radius 2 is 1.20 bits per heavy atom. The summed E-state index contributed by atoms with van der Waals surface area (Å²) in [5, 5.41) is 2.15. The van der Waals surface area contributed by atoms with Crippen LogP contribution in [0, 0.1) is 0 Å². The molecule has 2 aromatic carbocycles. The van der Waals surface area contributed by atoms with Gasteiger partial charge in [-0.2, -0.15) is 0 Å². The summed E-state index contributed by atoms with van der Waals surface area (Å²) >= 11 is 54.9. The summed E-state index contributed by atoms with van der Waals surface area (Å²) in [6, 6.07) is 13.8. The Bertz CT molecular complexity index is 741. The summed E-state index contributed by atoms with van der Waals surface area (Å²) in [6.45, 7) is 0. The molecule has 0 fully saturated rings. The zero-order valence-electron chi connectivity index (χ0n) is 12.4. The molecule has 0 aliphatic heterocycles. The van der Waals surface area contributed by atoms with Crippen molar-refractivity contribution in [2.24, 2.45) is 0 Å². The Morgan fingerprint density at radius 3 is 1.80 bits per heavy atom. The highest BCUT2D eigenvalue weighted by atomic mass is 35.6. The van der Waals surface area contributed by atoms with E-state index in [0.717, 1.165) is 16.3 Å². The van der Waals surface area contributed by atoms with Crippen LogP contribution in [0.5, 0.6) is 0 Å². The number of aryl methyl sites for hydroxylation is 1. The van der Waals surface area contributed by atoms with E-state index in [1.807, 2.05) is 42.5 Å². The lowest BCUT2D eigenvalue weighted by Gasteiger charge is -2.44. The lowest BCUT2D eigenvalue weighted by atomic mass is 9.98. The monoisotopic (exact) mass is 518 g/mol. The molecular formula is C16H11Cl9. The van der Waals surface area contributed by atoms with Gasteiger partial charge in [0.15, 0.2) is 13.0 Å². The molecule has 0 amide bonds. The number of alkyl halides is 9. The highest BCUT2D eigenvalue weighted by Crippen LogP contribution is 2.63. The molecule has 0 nitrogen and oxygen atoms in total. The van der Waals surface area contributed by atoms with Crippen molar-refractivity contribution in [1.29, 1.82) is 0 Å². The van der Waals surface area contributed by atoms with Crippen LogP contribution in [0.4, 0.5) is 0 Å². The lowest BCUT2D eigenvalue weighted by molar-refractivity contribution is 0.550. The van der Waals surface area contributed by atoms with Gasteiger partial charge in [-0.1, -0.05) is 147 Å². The second-order valence-corrected chi connectivity index (χ2v) is 11.9. The highest BCUT2D eigenvalue weighted by Gasteiger charge is 2.67. The third-order valence-corrected chi connectivity index (χ3v) is 9.29. The summed E-state index contributed by atoms with van der Waals surface area (Å²) in [5.41, 5.74) is 1.01. The van der Waals surface area contributed by atoms with Gasteiger partial charge in [0.1, 0.15) is 0 Å². The Labute approximate surface area is 191 Å². The van der Waals surface area contributed by atoms with Gasteiger partial charge in [-0.15, -0.1) is 0 Å². The maximum absolute atomic E-state index is 6.38. The average molecular weight is 522 g/mol. The Balaban J connectivity index is 2.29. The Kier molecular flexibility index (Phi) is 7.21. The second-order valence-electron chi connectivity index (χ2n) is 5.49. The number of hydrogen-bond donors (Lipinski definition) is 0. The molecule has 138 valence electrons. The van der Waals surface area contributed by atoms with Crippen LogP contribution in [0.3, 0.4) is 0 Å². The van der Waals surface area contributed by atoms with Gasteiger partial charge in [0, 0.05) is 0 Å². The number of hydrogen-bond acceptors (Lipinski definition) is 0. The fourth-order valence-electron chi connectivity index (χ4n) is 2.37. The van der Waals surface area contributed by atoms with Crippen LogP contribution in [-0.2, 0) is 6.42 Å². The first-order chi connectivity index (χ1) is 11.3. The molecule has 0 atom stereocenters. The number of fused-ring (bicyclic) bond motifs is 1. The van der Waals surface area contributed by atoms with Gasteiger partial charge in [0.05, 0.1) is 0 Å². The normalized spacial score (nSPS) is 14.1. The fourth-order valence-corrected chi connectivity index (χ4v) is 4.54. The quantitative estimate of drug-likeness (QED) is 0.345. The van der Waals surface area contributed by atoms with E-state index in [2.05, 4.69) is 0 Å². The Hall–Kier alpha value is 1.31. The van der Waals surface area contributed by atoms with Crippen LogP contribution in [0.25, 0.3) is 10.8 Å². The molecule has 2 aromatic rings. The molecule has 9 heteroatoms. The van der Waals surface area contributed by atoms with E-state index in [4.69, 9.17) is 104 Å². The van der Waals surface area contributed by atoms with E-state index in [9.17, 15) is 0 Å². The van der Waals surface area contributed by atoms with Gasteiger partial charge in [-0.25, -0.2) is 0 Å². The minimum atomic E-state index is -2.25. The van der Waals surface area contributed by atoms with Gasteiger partial charge < -0.3 is 0 Å². The molecule has 0 N–H and O–H groups in total. The standard InChI is InChI=1S/C16H11Cl9/c17-13(18,14(19,20)15(21,22)16(23,24)25)9-8-11-6-3-5-10-4-1-2-7-12(10)11/h1-7H,8-9H2. The van der Waals surface area contributed by atoms with Crippen LogP contribution >= 0.6 is 104 Å². The van der Waals surface area contributed by atoms with E-state index in [1.54, 1.807) is 0 Å². The number of halogens is 9. The molecule has 2 rings (SSSR count). The molecule has 0 saturated carbocycles. The molecule has 0 saturated heterocycles. The van der Waals surface area contributed by atoms with Gasteiger partial charge in [0.2, 0.25) is 3.79 Å². The predicted octanol–water partition coefficient (Wildman–Crippen LogP) is 8.66. The van der Waals surface area contributed by atoms with Crippen LogP contribution in [0.2, 0.25) is 0 Å². The molecule has 0 radical (unpaired) electrons. The van der Waals surface area contributed by atoms with Crippen molar-refractivity contribution in [3.63, 3.8) is 0 Å². The fraction of sp³-hybridized carbons (Fsp3) is 0.375. The minimum Gasteiger partial charge on any atom is -0.0982 e. The zero-order valence-corrected chi connectivity index (χ0v) is 19.2. The smallest absolute Gasteiger partial charge is 0.0982 e. The maximum Gasteiger partial charge on any atom is 0.226 e.